The molecule has 0 aliphatic heterocycles. The van der Waals surface area contributed by atoms with E-state index < -0.39 is 0 Å². The van der Waals surface area contributed by atoms with Crippen molar-refractivity contribution in [2.75, 3.05) is 0 Å². The van der Waals surface area contributed by atoms with Crippen molar-refractivity contribution in [1.82, 2.24) is 28.2 Å². The van der Waals surface area contributed by atoms with Crippen molar-refractivity contribution in [3.63, 3.8) is 0 Å². The molecule has 6 aromatic heterocycles. The summed E-state index contributed by atoms with van der Waals surface area (Å²) in [6.45, 7) is 0. The number of rotatable bonds is 4. The zero-order chi connectivity index (χ0) is 37.9. The van der Waals surface area contributed by atoms with Gasteiger partial charge in [0.15, 0.2) is 0 Å². The van der Waals surface area contributed by atoms with E-state index in [-0.39, 0.29) is 0 Å². The number of fused-ring (bicyclic) bond motifs is 14. The van der Waals surface area contributed by atoms with Gasteiger partial charge in [0.1, 0.15) is 0 Å². The third kappa shape index (κ3) is 4.15. The van der Waals surface area contributed by atoms with Gasteiger partial charge in [0.05, 0.1) is 55.2 Å². The molecule has 0 fully saturated rings. The molecule has 270 valence electrons. The zero-order valence-electron chi connectivity index (χ0n) is 31.2. The number of nitrogens with zero attached hydrogens (tertiary/aromatic N) is 6. The smallest absolute Gasteiger partial charge is 0.0985 e. The zero-order valence-corrected chi connectivity index (χ0v) is 31.2. The van der Waals surface area contributed by atoms with Crippen molar-refractivity contribution in [1.29, 1.82) is 0 Å². The highest BCUT2D eigenvalue weighted by atomic mass is 15.1. The Kier molecular flexibility index (Phi) is 6.35. The fraction of sp³-hybridized carbons (Fsp3) is 0. The summed E-state index contributed by atoms with van der Waals surface area (Å²) in [7, 11) is 0. The van der Waals surface area contributed by atoms with Crippen LogP contribution in [0.25, 0.3) is 110 Å². The number of hydrogen-bond donors (Lipinski definition) is 0. The normalized spacial score (nSPS) is 12.1. The molecule has 6 nitrogen and oxygen atoms in total. The highest BCUT2D eigenvalue weighted by molar-refractivity contribution is 6.23. The fourth-order valence-corrected chi connectivity index (χ4v) is 9.66. The molecule has 58 heavy (non-hydrogen) atoms. The Morgan fingerprint density at radius 2 is 0.586 bits per heavy atom. The molecule has 6 heteroatoms. The van der Waals surface area contributed by atoms with Gasteiger partial charge in [0.2, 0.25) is 0 Å². The first-order valence-electron chi connectivity index (χ1n) is 19.7. The van der Waals surface area contributed by atoms with Crippen LogP contribution in [0.2, 0.25) is 0 Å². The molecule has 0 unspecified atom stereocenters. The summed E-state index contributed by atoms with van der Waals surface area (Å²) in [5, 5.41) is 6.83. The lowest BCUT2D eigenvalue weighted by Crippen LogP contribution is -2.02. The molecule has 6 heterocycles. The molecule has 0 amide bonds. The Balaban J connectivity index is 1.17. The molecule has 0 radical (unpaired) electrons. The van der Waals surface area contributed by atoms with Gasteiger partial charge in [0, 0.05) is 67.5 Å². The monoisotopic (exact) mass is 740 g/mol. The molecule has 0 spiro atoms. The highest BCUT2D eigenvalue weighted by Crippen LogP contribution is 2.43. The minimum Gasteiger partial charge on any atom is -0.307 e. The summed E-state index contributed by atoms with van der Waals surface area (Å²) in [4.78, 5) is 10.5. The molecule has 13 rings (SSSR count). The predicted octanol–water partition coefficient (Wildman–Crippen LogP) is 12.9. The minimum atomic E-state index is 0.976. The highest BCUT2D eigenvalue weighted by Gasteiger charge is 2.24. The summed E-state index contributed by atoms with van der Waals surface area (Å²) >= 11 is 0. The van der Waals surface area contributed by atoms with E-state index in [2.05, 4.69) is 213 Å². The quantitative estimate of drug-likeness (QED) is 0.180. The first kappa shape index (κ1) is 31.3. The maximum absolute atomic E-state index is 5.24. The lowest BCUT2D eigenvalue weighted by Gasteiger charge is -2.15. The van der Waals surface area contributed by atoms with Crippen molar-refractivity contribution in [3.8, 4) is 22.7 Å². The van der Waals surface area contributed by atoms with Gasteiger partial charge in [-0.15, -0.1) is 0 Å². The maximum Gasteiger partial charge on any atom is 0.0985 e. The molecule has 7 aromatic carbocycles. The Labute approximate surface area is 331 Å². The fourth-order valence-electron chi connectivity index (χ4n) is 9.66. The number of benzene rings is 7. The number of aromatic nitrogens is 6. The third-order valence-corrected chi connectivity index (χ3v) is 12.0. The molecule has 0 aliphatic rings. The van der Waals surface area contributed by atoms with Crippen LogP contribution in [0.3, 0.4) is 0 Å². The van der Waals surface area contributed by atoms with E-state index in [0.29, 0.717) is 0 Å². The van der Waals surface area contributed by atoms with Crippen LogP contribution in [0.5, 0.6) is 0 Å². The molecular formula is C52H32N6. The van der Waals surface area contributed by atoms with Crippen LogP contribution in [0, 0.1) is 0 Å². The van der Waals surface area contributed by atoms with Crippen LogP contribution in [0.15, 0.2) is 194 Å². The summed E-state index contributed by atoms with van der Waals surface area (Å²) in [5.74, 6) is 0. The van der Waals surface area contributed by atoms with Crippen LogP contribution in [-0.4, -0.2) is 28.2 Å². The van der Waals surface area contributed by atoms with Gasteiger partial charge in [0.25, 0.3) is 0 Å². The van der Waals surface area contributed by atoms with Crippen LogP contribution >= 0.6 is 0 Å². The van der Waals surface area contributed by atoms with E-state index in [9.17, 15) is 0 Å². The van der Waals surface area contributed by atoms with Crippen molar-refractivity contribution >= 4 is 87.5 Å². The average Bonchev–Trinajstić information content (AvgIpc) is 4.02. The molecular weight excluding hydrogens is 709 g/mol. The summed E-state index contributed by atoms with van der Waals surface area (Å²) in [6.07, 6.45) is 4.13. The van der Waals surface area contributed by atoms with Gasteiger partial charge in [-0.3, -0.25) is 9.97 Å². The van der Waals surface area contributed by atoms with E-state index in [1.54, 1.807) is 0 Å². The van der Waals surface area contributed by atoms with Gasteiger partial charge < -0.3 is 18.3 Å². The molecule has 0 atom stereocenters. The minimum absolute atomic E-state index is 0.976. The second-order valence-electron chi connectivity index (χ2n) is 15.0. The second kappa shape index (κ2) is 11.8. The lowest BCUT2D eigenvalue weighted by molar-refractivity contribution is 1.12. The molecule has 13 aromatic rings. The molecule has 0 saturated carbocycles. The van der Waals surface area contributed by atoms with Gasteiger partial charge in [-0.05, 0) is 66.7 Å². The van der Waals surface area contributed by atoms with E-state index >= 15 is 0 Å². The summed E-state index contributed by atoms with van der Waals surface area (Å²) in [5.41, 5.74) is 15.2. The van der Waals surface area contributed by atoms with Crippen LogP contribution in [0.4, 0.5) is 0 Å². The molecule has 0 N–H and O–H groups in total. The molecule has 0 aliphatic carbocycles. The van der Waals surface area contributed by atoms with Crippen molar-refractivity contribution in [3.05, 3.63) is 194 Å². The Hall–Kier alpha value is -7.96. The van der Waals surface area contributed by atoms with Crippen molar-refractivity contribution < 1.29 is 0 Å². The Bertz CT molecular complexity index is 3540. The van der Waals surface area contributed by atoms with Gasteiger partial charge in [-0.2, -0.15) is 0 Å². The van der Waals surface area contributed by atoms with Crippen molar-refractivity contribution in [2.45, 2.75) is 0 Å². The van der Waals surface area contributed by atoms with Gasteiger partial charge in [-0.1, -0.05) is 115 Å². The SMILES string of the molecule is c1ccc(-n2c3ccccc3c3cnc4c5ccccc5n(-c5cccc(-n6c7ccccc7c7ncc8c9ccccc9n(-c9ccccc9)c8c76)c5)c4c32)cc1. The maximum atomic E-state index is 5.24. The van der Waals surface area contributed by atoms with Crippen LogP contribution in [0.1, 0.15) is 0 Å². The standard InChI is InChI=1S/C52H32N6/c1-3-16-33(17-4-1)55-43-26-11-7-22-37(43)41-31-53-47-39-24-9-13-28-45(39)57(51(47)49(41)55)35-20-15-21-36(30-35)58-46-29-14-10-25-40(46)48-52(58)50-42(32-54-48)38-23-8-12-27-44(38)56(50)34-18-5-2-6-19-34/h1-32H. The van der Waals surface area contributed by atoms with E-state index in [4.69, 9.17) is 9.97 Å². The van der Waals surface area contributed by atoms with Crippen LogP contribution in [-0.2, 0) is 0 Å². The predicted molar refractivity (Wildman–Crippen MR) is 239 cm³/mol. The summed E-state index contributed by atoms with van der Waals surface area (Å²) in [6, 6.07) is 65.0. The molecule has 0 saturated heterocycles. The Morgan fingerprint density at radius 1 is 0.259 bits per heavy atom. The largest absolute Gasteiger partial charge is 0.307 e. The lowest BCUT2D eigenvalue weighted by atomic mass is 10.1. The van der Waals surface area contributed by atoms with E-state index in [1.165, 1.54) is 10.8 Å². The van der Waals surface area contributed by atoms with Gasteiger partial charge >= 0.3 is 0 Å². The third-order valence-electron chi connectivity index (χ3n) is 12.0. The van der Waals surface area contributed by atoms with Crippen molar-refractivity contribution in [2.24, 2.45) is 0 Å². The summed E-state index contributed by atoms with van der Waals surface area (Å²) < 4.78 is 9.66. The molecule has 0 bridgehead atoms. The first-order valence-corrected chi connectivity index (χ1v) is 19.7. The number of pyridine rings is 2. The topological polar surface area (TPSA) is 45.5 Å². The Morgan fingerprint density at radius 3 is 1.02 bits per heavy atom. The number of para-hydroxylation sites is 6. The van der Waals surface area contributed by atoms with E-state index in [0.717, 1.165) is 99.5 Å². The van der Waals surface area contributed by atoms with E-state index in [1.807, 2.05) is 0 Å². The number of hydrogen-bond acceptors (Lipinski definition) is 2. The van der Waals surface area contributed by atoms with Gasteiger partial charge in [-0.25, -0.2) is 0 Å². The second-order valence-corrected chi connectivity index (χ2v) is 15.0. The first-order chi connectivity index (χ1) is 28.8. The average molecular weight is 741 g/mol. The van der Waals surface area contributed by atoms with Crippen LogP contribution < -0.4 is 0 Å².